The lowest BCUT2D eigenvalue weighted by molar-refractivity contribution is 0.508. The predicted molar refractivity (Wildman–Crippen MR) is 79.3 cm³/mol. The number of pyridine rings is 1. The minimum Gasteiger partial charge on any atom is -0.261 e. The van der Waals surface area contributed by atoms with Crippen LogP contribution >= 0.6 is 0 Å². The highest BCUT2D eigenvalue weighted by molar-refractivity contribution is 5.81. The molecule has 104 valence electrons. The minimum atomic E-state index is -0.900. The van der Waals surface area contributed by atoms with Gasteiger partial charge in [0, 0.05) is 5.39 Å². The summed E-state index contributed by atoms with van der Waals surface area (Å²) in [4.78, 5) is 4.38. The maximum absolute atomic E-state index is 13.0. The van der Waals surface area contributed by atoms with E-state index in [2.05, 4.69) is 15.5 Å². The number of hydrogen-bond acceptors (Lipinski definition) is 3. The molecule has 2 aromatic carbocycles. The summed E-state index contributed by atoms with van der Waals surface area (Å²) >= 11 is 0. The van der Waals surface area contributed by atoms with Gasteiger partial charge < -0.3 is 0 Å². The third kappa shape index (κ3) is 3.02. The van der Waals surface area contributed by atoms with Crippen LogP contribution in [0, 0.1) is 11.6 Å². The number of nitrogens with zero attached hydrogens (tertiary/aromatic N) is 2. The second kappa shape index (κ2) is 5.66. The molecule has 0 saturated carbocycles. The second-order valence-corrected chi connectivity index (χ2v) is 4.43. The summed E-state index contributed by atoms with van der Waals surface area (Å²) in [5, 5.41) is 5.00. The number of anilines is 1. The highest BCUT2D eigenvalue weighted by atomic mass is 19.2. The first-order chi connectivity index (χ1) is 10.2. The zero-order chi connectivity index (χ0) is 14.7. The number of halogens is 2. The van der Waals surface area contributed by atoms with E-state index in [0.29, 0.717) is 11.4 Å². The van der Waals surface area contributed by atoms with Gasteiger partial charge in [-0.3, -0.25) is 5.43 Å². The summed E-state index contributed by atoms with van der Waals surface area (Å²) in [7, 11) is 0. The van der Waals surface area contributed by atoms with Gasteiger partial charge in [0.1, 0.15) is 5.82 Å². The molecule has 0 amide bonds. The molecule has 3 nitrogen and oxygen atoms in total. The molecule has 0 aliphatic heterocycles. The van der Waals surface area contributed by atoms with E-state index in [4.69, 9.17) is 0 Å². The van der Waals surface area contributed by atoms with E-state index >= 15 is 0 Å². The molecule has 1 aromatic heterocycles. The summed E-state index contributed by atoms with van der Waals surface area (Å²) in [5.41, 5.74) is 4.07. The summed E-state index contributed by atoms with van der Waals surface area (Å²) in [5.74, 6) is -1.20. The van der Waals surface area contributed by atoms with Crippen molar-refractivity contribution in [2.75, 3.05) is 5.43 Å². The Hall–Kier alpha value is -2.82. The Morgan fingerprint density at radius 2 is 1.81 bits per heavy atom. The standard InChI is InChI=1S/C16H11F2N3/c17-13-7-5-11(9-14(13)18)10-19-21-16-8-6-12-3-1-2-4-15(12)20-16/h1-10H,(H,20,21)/b19-10+. The van der Waals surface area contributed by atoms with Crippen molar-refractivity contribution in [3.8, 4) is 0 Å². The topological polar surface area (TPSA) is 37.3 Å². The largest absolute Gasteiger partial charge is 0.261 e. The fourth-order valence-electron chi connectivity index (χ4n) is 1.89. The average molecular weight is 283 g/mol. The van der Waals surface area contributed by atoms with Crippen LogP contribution in [0.1, 0.15) is 5.56 Å². The number of nitrogens with one attached hydrogen (secondary N) is 1. The molecule has 1 heterocycles. The molecular formula is C16H11F2N3. The molecule has 0 atom stereocenters. The molecule has 0 spiro atoms. The van der Waals surface area contributed by atoms with Crippen molar-refractivity contribution in [3.05, 3.63) is 71.8 Å². The predicted octanol–water partition coefficient (Wildman–Crippen LogP) is 3.96. The van der Waals surface area contributed by atoms with E-state index in [0.717, 1.165) is 23.0 Å². The molecule has 0 aliphatic carbocycles. The normalized spacial score (nSPS) is 11.1. The van der Waals surface area contributed by atoms with Gasteiger partial charge in [0.25, 0.3) is 0 Å². The zero-order valence-electron chi connectivity index (χ0n) is 10.9. The lowest BCUT2D eigenvalue weighted by Gasteiger charge is -2.01. The molecule has 0 unspecified atom stereocenters. The number of rotatable bonds is 3. The fraction of sp³-hybridized carbons (Fsp3) is 0. The molecule has 3 rings (SSSR count). The Balaban J connectivity index is 1.76. The molecule has 0 fully saturated rings. The second-order valence-electron chi connectivity index (χ2n) is 4.43. The maximum Gasteiger partial charge on any atom is 0.159 e. The van der Waals surface area contributed by atoms with Crippen molar-refractivity contribution in [3.63, 3.8) is 0 Å². The SMILES string of the molecule is Fc1ccc(/C=N/Nc2ccc3ccccc3n2)cc1F. The Labute approximate surface area is 120 Å². The van der Waals surface area contributed by atoms with E-state index in [1.165, 1.54) is 12.3 Å². The Morgan fingerprint density at radius 3 is 2.67 bits per heavy atom. The Kier molecular flexibility index (Phi) is 3.55. The van der Waals surface area contributed by atoms with Crippen molar-refractivity contribution in [2.24, 2.45) is 5.10 Å². The number of hydrogen-bond donors (Lipinski definition) is 1. The minimum absolute atomic E-state index is 0.460. The smallest absolute Gasteiger partial charge is 0.159 e. The molecule has 0 radical (unpaired) electrons. The van der Waals surface area contributed by atoms with Crippen molar-refractivity contribution in [1.29, 1.82) is 0 Å². The zero-order valence-corrected chi connectivity index (χ0v) is 10.9. The van der Waals surface area contributed by atoms with E-state index in [1.54, 1.807) is 6.07 Å². The molecule has 0 aliphatic rings. The highest BCUT2D eigenvalue weighted by Gasteiger charge is 2.00. The number of aromatic nitrogens is 1. The van der Waals surface area contributed by atoms with Crippen molar-refractivity contribution in [1.82, 2.24) is 4.98 Å². The van der Waals surface area contributed by atoms with Crippen LogP contribution in [0.3, 0.4) is 0 Å². The fourth-order valence-corrected chi connectivity index (χ4v) is 1.89. The molecule has 3 aromatic rings. The van der Waals surface area contributed by atoms with Crippen molar-refractivity contribution < 1.29 is 8.78 Å². The van der Waals surface area contributed by atoms with Crippen molar-refractivity contribution >= 4 is 22.9 Å². The molecule has 0 bridgehead atoms. The molecule has 21 heavy (non-hydrogen) atoms. The quantitative estimate of drug-likeness (QED) is 0.583. The summed E-state index contributed by atoms with van der Waals surface area (Å²) in [6.45, 7) is 0. The maximum atomic E-state index is 13.0. The molecule has 5 heteroatoms. The van der Waals surface area contributed by atoms with Crippen LogP contribution in [0.5, 0.6) is 0 Å². The van der Waals surface area contributed by atoms with Gasteiger partial charge in [-0.25, -0.2) is 13.8 Å². The molecule has 1 N–H and O–H groups in total. The average Bonchev–Trinajstić information content (AvgIpc) is 2.51. The first-order valence-corrected chi connectivity index (χ1v) is 6.32. The highest BCUT2D eigenvalue weighted by Crippen LogP contribution is 2.14. The van der Waals surface area contributed by atoms with Crippen LogP contribution in [-0.2, 0) is 0 Å². The third-order valence-electron chi connectivity index (χ3n) is 2.93. The van der Waals surface area contributed by atoms with Gasteiger partial charge in [-0.05, 0) is 35.9 Å². The van der Waals surface area contributed by atoms with Crippen LogP contribution in [0.2, 0.25) is 0 Å². The lowest BCUT2D eigenvalue weighted by atomic mass is 10.2. The van der Waals surface area contributed by atoms with Crippen molar-refractivity contribution in [2.45, 2.75) is 0 Å². The van der Waals surface area contributed by atoms with Crippen LogP contribution in [-0.4, -0.2) is 11.2 Å². The summed E-state index contributed by atoms with van der Waals surface area (Å²) in [6.07, 6.45) is 1.40. The third-order valence-corrected chi connectivity index (χ3v) is 2.93. The Morgan fingerprint density at radius 1 is 0.952 bits per heavy atom. The van der Waals surface area contributed by atoms with Crippen LogP contribution in [0.4, 0.5) is 14.6 Å². The Bertz CT molecular complexity index is 815. The first kappa shape index (κ1) is 13.2. The number of fused-ring (bicyclic) bond motifs is 1. The lowest BCUT2D eigenvalue weighted by Crippen LogP contribution is -1.94. The van der Waals surface area contributed by atoms with Gasteiger partial charge in [0.2, 0.25) is 0 Å². The van der Waals surface area contributed by atoms with Gasteiger partial charge in [-0.1, -0.05) is 24.3 Å². The first-order valence-electron chi connectivity index (χ1n) is 6.32. The van der Waals surface area contributed by atoms with Crippen LogP contribution in [0.15, 0.2) is 59.7 Å². The van der Waals surface area contributed by atoms with E-state index in [1.807, 2.05) is 30.3 Å². The number of benzene rings is 2. The van der Waals surface area contributed by atoms with Gasteiger partial charge in [-0.2, -0.15) is 5.10 Å². The monoisotopic (exact) mass is 283 g/mol. The molecular weight excluding hydrogens is 272 g/mol. The van der Waals surface area contributed by atoms with Crippen LogP contribution < -0.4 is 5.43 Å². The van der Waals surface area contributed by atoms with Crippen LogP contribution in [0.25, 0.3) is 10.9 Å². The summed E-state index contributed by atoms with van der Waals surface area (Å²) < 4.78 is 25.8. The van der Waals surface area contributed by atoms with Gasteiger partial charge in [0.05, 0.1) is 11.7 Å². The van der Waals surface area contributed by atoms with E-state index in [9.17, 15) is 8.78 Å². The molecule has 0 saturated heterocycles. The van der Waals surface area contributed by atoms with E-state index in [-0.39, 0.29) is 0 Å². The number of hydrazone groups is 1. The number of para-hydroxylation sites is 1. The van der Waals surface area contributed by atoms with E-state index < -0.39 is 11.6 Å². The summed E-state index contributed by atoms with van der Waals surface area (Å²) in [6, 6.07) is 15.0. The van der Waals surface area contributed by atoms with Gasteiger partial charge in [0.15, 0.2) is 11.6 Å². The van der Waals surface area contributed by atoms with Gasteiger partial charge >= 0.3 is 0 Å². The van der Waals surface area contributed by atoms with Gasteiger partial charge in [-0.15, -0.1) is 0 Å².